The lowest BCUT2D eigenvalue weighted by atomic mass is 10.3. The molecule has 0 aliphatic carbocycles. The van der Waals surface area contributed by atoms with Crippen molar-refractivity contribution >= 4 is 27.5 Å². The molecule has 0 bridgehead atoms. The first-order valence-corrected chi connectivity index (χ1v) is 9.74. The fourth-order valence-electron chi connectivity index (χ4n) is 2.92. The number of amides is 1. The third-order valence-corrected chi connectivity index (χ3v) is 5.21. The molecule has 2 aromatic carbocycles. The molecule has 0 spiro atoms. The molecule has 27 heavy (non-hydrogen) atoms. The predicted molar refractivity (Wildman–Crippen MR) is 103 cm³/mol. The van der Waals surface area contributed by atoms with E-state index in [4.69, 9.17) is 14.2 Å². The van der Waals surface area contributed by atoms with Crippen LogP contribution in [0.3, 0.4) is 0 Å². The van der Waals surface area contributed by atoms with Crippen molar-refractivity contribution in [2.24, 2.45) is 4.99 Å². The van der Waals surface area contributed by atoms with E-state index in [2.05, 4.69) is 16.5 Å². The Morgan fingerprint density at radius 1 is 1.22 bits per heavy atom. The molecular weight excluding hydrogens is 364 g/mol. The first-order chi connectivity index (χ1) is 13.2. The molecule has 0 saturated carbocycles. The van der Waals surface area contributed by atoms with E-state index in [1.54, 1.807) is 0 Å². The minimum Gasteiger partial charge on any atom is -0.493 e. The zero-order valence-corrected chi connectivity index (χ0v) is 15.8. The van der Waals surface area contributed by atoms with Gasteiger partial charge in [0.1, 0.15) is 5.75 Å². The largest absolute Gasteiger partial charge is 0.493 e. The van der Waals surface area contributed by atoms with Gasteiger partial charge in [-0.15, -0.1) is 0 Å². The number of benzene rings is 2. The number of ether oxygens (including phenoxy) is 3. The van der Waals surface area contributed by atoms with Crippen LogP contribution in [0.15, 0.2) is 47.5 Å². The molecule has 0 fully saturated rings. The van der Waals surface area contributed by atoms with Crippen LogP contribution in [0.1, 0.15) is 19.8 Å². The highest BCUT2D eigenvalue weighted by molar-refractivity contribution is 7.16. The van der Waals surface area contributed by atoms with Crippen molar-refractivity contribution in [2.75, 3.05) is 13.4 Å². The number of hydrogen-bond donors (Lipinski definition) is 0. The molecular formula is C20H20N2O4S. The molecule has 1 amide bonds. The minimum absolute atomic E-state index is 0.192. The quantitative estimate of drug-likeness (QED) is 0.650. The smallest absolute Gasteiger partial charge is 0.251 e. The summed E-state index contributed by atoms with van der Waals surface area (Å²) in [6.45, 7) is 3.44. The van der Waals surface area contributed by atoms with E-state index in [-0.39, 0.29) is 19.1 Å². The number of carbonyl (C=O) groups is 1. The number of hydrogen-bond acceptors (Lipinski definition) is 5. The zero-order valence-electron chi connectivity index (χ0n) is 15.0. The van der Waals surface area contributed by atoms with Gasteiger partial charge in [-0.2, -0.15) is 4.99 Å². The van der Waals surface area contributed by atoms with Crippen LogP contribution < -0.4 is 19.0 Å². The second-order valence-electron chi connectivity index (χ2n) is 6.13. The van der Waals surface area contributed by atoms with Gasteiger partial charge in [0.05, 0.1) is 23.2 Å². The van der Waals surface area contributed by atoms with Crippen molar-refractivity contribution < 1.29 is 19.0 Å². The first-order valence-electron chi connectivity index (χ1n) is 8.93. The Morgan fingerprint density at radius 3 is 2.78 bits per heavy atom. The zero-order chi connectivity index (χ0) is 18.6. The van der Waals surface area contributed by atoms with Crippen molar-refractivity contribution in [2.45, 2.75) is 26.3 Å². The van der Waals surface area contributed by atoms with Gasteiger partial charge in [0.2, 0.25) is 6.79 Å². The second-order valence-corrected chi connectivity index (χ2v) is 7.14. The van der Waals surface area contributed by atoms with Crippen LogP contribution in [0.4, 0.5) is 0 Å². The summed E-state index contributed by atoms with van der Waals surface area (Å²) in [6, 6.07) is 13.4. The van der Waals surface area contributed by atoms with Gasteiger partial charge in [-0.05, 0) is 18.6 Å². The summed E-state index contributed by atoms with van der Waals surface area (Å²) in [6.07, 6.45) is 1.18. The molecule has 1 aliphatic heterocycles. The normalized spacial score (nSPS) is 13.3. The lowest BCUT2D eigenvalue weighted by Gasteiger charge is -2.04. The molecule has 140 valence electrons. The van der Waals surface area contributed by atoms with Crippen LogP contribution in [-0.4, -0.2) is 23.9 Å². The van der Waals surface area contributed by atoms with Gasteiger partial charge in [-0.3, -0.25) is 4.79 Å². The summed E-state index contributed by atoms with van der Waals surface area (Å²) in [7, 11) is 0. The number of thiazole rings is 1. The van der Waals surface area contributed by atoms with Gasteiger partial charge in [-0.25, -0.2) is 0 Å². The summed E-state index contributed by atoms with van der Waals surface area (Å²) < 4.78 is 19.6. The molecule has 0 unspecified atom stereocenters. The maximum absolute atomic E-state index is 12.3. The van der Waals surface area contributed by atoms with Gasteiger partial charge < -0.3 is 18.8 Å². The van der Waals surface area contributed by atoms with Crippen LogP contribution in [0.5, 0.6) is 17.2 Å². The van der Waals surface area contributed by atoms with E-state index in [1.807, 2.05) is 42.5 Å². The van der Waals surface area contributed by atoms with Crippen molar-refractivity contribution in [3.05, 3.63) is 47.3 Å². The van der Waals surface area contributed by atoms with Crippen LogP contribution in [0, 0.1) is 0 Å². The second kappa shape index (κ2) is 7.84. The third kappa shape index (κ3) is 3.83. The Labute approximate surface area is 160 Å². The molecule has 0 N–H and O–H groups in total. The summed E-state index contributed by atoms with van der Waals surface area (Å²) in [4.78, 5) is 17.4. The summed E-state index contributed by atoms with van der Waals surface area (Å²) in [5.41, 5.74) is 1.01. The molecule has 7 heteroatoms. The van der Waals surface area contributed by atoms with Crippen LogP contribution in [0.2, 0.25) is 0 Å². The van der Waals surface area contributed by atoms with Crippen molar-refractivity contribution in [3.8, 4) is 17.2 Å². The highest BCUT2D eigenvalue weighted by atomic mass is 32.1. The van der Waals surface area contributed by atoms with Gasteiger partial charge in [-0.1, -0.05) is 36.5 Å². The van der Waals surface area contributed by atoms with Crippen LogP contribution in [0.25, 0.3) is 10.2 Å². The van der Waals surface area contributed by atoms with Crippen LogP contribution in [-0.2, 0) is 11.3 Å². The number of carbonyl (C=O) groups excluding carboxylic acids is 1. The maximum atomic E-state index is 12.3. The number of rotatable bonds is 6. The number of fused-ring (bicyclic) bond motifs is 2. The van der Waals surface area contributed by atoms with E-state index in [1.165, 1.54) is 11.3 Å². The standard InChI is InChI=1S/C20H20N2O4S/c1-2-9-22-15-11-16-17(26-13-25-16)12-18(15)27-20(22)21-19(23)8-10-24-14-6-4-3-5-7-14/h3-7,11-12H,2,8-10,13H2,1H3. The van der Waals surface area contributed by atoms with Crippen molar-refractivity contribution in [3.63, 3.8) is 0 Å². The van der Waals surface area contributed by atoms with E-state index in [0.717, 1.165) is 40.4 Å². The average Bonchev–Trinajstić information content (AvgIpc) is 3.25. The fourth-order valence-corrected chi connectivity index (χ4v) is 4.00. The highest BCUT2D eigenvalue weighted by Crippen LogP contribution is 2.37. The molecule has 1 aromatic heterocycles. The molecule has 4 rings (SSSR count). The van der Waals surface area contributed by atoms with Gasteiger partial charge >= 0.3 is 0 Å². The Bertz CT molecular complexity index is 1020. The van der Waals surface area contributed by atoms with Crippen LogP contribution >= 0.6 is 11.3 Å². The summed E-state index contributed by atoms with van der Waals surface area (Å²) in [5.74, 6) is 2.03. The number of aromatic nitrogens is 1. The fraction of sp³-hybridized carbons (Fsp3) is 0.300. The van der Waals surface area contributed by atoms with Gasteiger partial charge in [0, 0.05) is 18.7 Å². The van der Waals surface area contributed by atoms with E-state index >= 15 is 0 Å². The highest BCUT2D eigenvalue weighted by Gasteiger charge is 2.17. The summed E-state index contributed by atoms with van der Waals surface area (Å²) >= 11 is 1.49. The molecule has 0 saturated heterocycles. The molecule has 0 radical (unpaired) electrons. The number of para-hydroxylation sites is 1. The molecule has 6 nitrogen and oxygen atoms in total. The molecule has 1 aliphatic rings. The maximum Gasteiger partial charge on any atom is 0.251 e. The monoisotopic (exact) mass is 384 g/mol. The van der Waals surface area contributed by atoms with Gasteiger partial charge in [0.25, 0.3) is 5.91 Å². The van der Waals surface area contributed by atoms with Gasteiger partial charge in [0.15, 0.2) is 16.3 Å². The Morgan fingerprint density at radius 2 is 2.00 bits per heavy atom. The number of aryl methyl sites for hydroxylation is 1. The minimum atomic E-state index is -0.192. The molecule has 0 atom stereocenters. The van der Waals surface area contributed by atoms with E-state index in [0.29, 0.717) is 11.4 Å². The predicted octanol–water partition coefficient (Wildman–Crippen LogP) is 3.74. The average molecular weight is 384 g/mol. The lowest BCUT2D eigenvalue weighted by molar-refractivity contribution is -0.118. The lowest BCUT2D eigenvalue weighted by Crippen LogP contribution is -2.17. The summed E-state index contributed by atoms with van der Waals surface area (Å²) in [5, 5.41) is 0. The Kier molecular flexibility index (Phi) is 5.11. The molecule has 2 heterocycles. The third-order valence-electron chi connectivity index (χ3n) is 4.17. The Hall–Kier alpha value is -2.80. The Balaban J connectivity index is 1.56. The van der Waals surface area contributed by atoms with Crippen molar-refractivity contribution in [1.82, 2.24) is 4.57 Å². The SMILES string of the molecule is CCCn1c(=NC(=O)CCOc2ccccc2)sc2cc3c(cc21)OCO3. The topological polar surface area (TPSA) is 62.1 Å². The van der Waals surface area contributed by atoms with E-state index < -0.39 is 0 Å². The molecule has 3 aromatic rings. The first kappa shape index (κ1) is 17.6. The number of nitrogens with zero attached hydrogens (tertiary/aromatic N) is 2. The van der Waals surface area contributed by atoms with Crippen molar-refractivity contribution in [1.29, 1.82) is 0 Å². The van der Waals surface area contributed by atoms with E-state index in [9.17, 15) is 4.79 Å².